The van der Waals surface area contributed by atoms with Crippen molar-refractivity contribution >= 4 is 11.0 Å². The highest BCUT2D eigenvalue weighted by molar-refractivity contribution is 5.90. The van der Waals surface area contributed by atoms with Crippen LogP contribution in [0, 0.1) is 0 Å². The number of fused-ring (bicyclic) bond motifs is 1. The first-order valence-electron chi connectivity index (χ1n) is 9.50. The van der Waals surface area contributed by atoms with Crippen LogP contribution >= 0.6 is 0 Å². The number of ether oxygens (including phenoxy) is 1. The second kappa shape index (κ2) is 7.97. The summed E-state index contributed by atoms with van der Waals surface area (Å²) >= 11 is 0. The fourth-order valence-corrected chi connectivity index (χ4v) is 3.76. The Balaban J connectivity index is 1.90. The molecule has 0 spiro atoms. The highest BCUT2D eigenvalue weighted by Gasteiger charge is 2.46. The summed E-state index contributed by atoms with van der Waals surface area (Å²) in [6, 6.07) is 6.31. The van der Waals surface area contributed by atoms with Gasteiger partial charge in [0.25, 0.3) is 0 Å². The molecule has 0 saturated carbocycles. The van der Waals surface area contributed by atoms with Gasteiger partial charge in [-0.15, -0.1) is 0 Å². The zero-order chi connectivity index (χ0) is 23.3. The fraction of sp³-hybridized carbons (Fsp3) is 0.286. The molecule has 0 bridgehead atoms. The number of aromatic hydroxyl groups is 4. The fourth-order valence-electron chi connectivity index (χ4n) is 3.76. The summed E-state index contributed by atoms with van der Waals surface area (Å²) in [5, 5.41) is 80.2. The van der Waals surface area contributed by atoms with E-state index < -0.39 is 70.8 Å². The Bertz CT molecular complexity index is 1220. The Morgan fingerprint density at radius 2 is 1.53 bits per heavy atom. The molecule has 1 aliphatic rings. The van der Waals surface area contributed by atoms with Crippen LogP contribution in [-0.2, 0) is 4.74 Å². The van der Waals surface area contributed by atoms with Crippen LogP contribution in [0.3, 0.4) is 0 Å². The molecular formula is C21H20O11. The summed E-state index contributed by atoms with van der Waals surface area (Å²) in [5.74, 6) is -2.75. The predicted molar refractivity (Wildman–Crippen MR) is 107 cm³/mol. The van der Waals surface area contributed by atoms with E-state index in [0.29, 0.717) is 0 Å². The molecule has 3 aromatic rings. The van der Waals surface area contributed by atoms with Crippen LogP contribution in [0.4, 0.5) is 0 Å². The van der Waals surface area contributed by atoms with E-state index in [0.717, 1.165) is 6.07 Å². The van der Waals surface area contributed by atoms with Crippen LogP contribution in [0.2, 0.25) is 0 Å². The lowest BCUT2D eigenvalue weighted by Gasteiger charge is -2.40. The Kier molecular flexibility index (Phi) is 5.44. The number of hydrogen-bond acceptors (Lipinski definition) is 11. The summed E-state index contributed by atoms with van der Waals surface area (Å²) in [7, 11) is 0. The lowest BCUT2D eigenvalue weighted by atomic mass is 9.89. The largest absolute Gasteiger partial charge is 0.508 e. The number of phenols is 3. The lowest BCUT2D eigenvalue weighted by molar-refractivity contribution is -0.232. The SMILES string of the molecule is O=c1c(O)c(-c2ccc(O)cc2)oc2cc(O)c([C@@H]3O[C@H](CO)[C@@H](O)[C@H](O)[C@H]3O)c(O)c12. The number of rotatable bonds is 3. The van der Waals surface area contributed by atoms with Crippen molar-refractivity contribution in [2.75, 3.05) is 6.61 Å². The maximum atomic E-state index is 12.8. The molecule has 11 heteroatoms. The van der Waals surface area contributed by atoms with Crippen LogP contribution < -0.4 is 5.43 Å². The van der Waals surface area contributed by atoms with Crippen molar-refractivity contribution in [3.8, 4) is 34.3 Å². The van der Waals surface area contributed by atoms with E-state index in [4.69, 9.17) is 9.15 Å². The van der Waals surface area contributed by atoms with Crippen LogP contribution in [0.15, 0.2) is 39.5 Å². The first-order chi connectivity index (χ1) is 15.1. The molecule has 1 aromatic heterocycles. The Morgan fingerprint density at radius 3 is 2.16 bits per heavy atom. The van der Waals surface area contributed by atoms with Gasteiger partial charge in [0.2, 0.25) is 11.2 Å². The predicted octanol–water partition coefficient (Wildman–Crippen LogP) is -0.203. The van der Waals surface area contributed by atoms with Crippen LogP contribution in [0.1, 0.15) is 11.7 Å². The van der Waals surface area contributed by atoms with Crippen LogP contribution in [-0.4, -0.2) is 71.9 Å². The first kappa shape index (κ1) is 21.9. The molecular weight excluding hydrogens is 428 g/mol. The van der Waals surface area contributed by atoms with Gasteiger partial charge in [0.05, 0.1) is 12.2 Å². The minimum Gasteiger partial charge on any atom is -0.508 e. The molecule has 0 radical (unpaired) electrons. The van der Waals surface area contributed by atoms with Gasteiger partial charge in [-0.25, -0.2) is 0 Å². The minimum absolute atomic E-state index is 0.0594. The molecule has 32 heavy (non-hydrogen) atoms. The smallest absolute Gasteiger partial charge is 0.238 e. The highest BCUT2D eigenvalue weighted by atomic mass is 16.5. The lowest BCUT2D eigenvalue weighted by Crippen LogP contribution is -2.55. The van der Waals surface area contributed by atoms with Gasteiger partial charge < -0.3 is 50.0 Å². The standard InChI is InChI=1S/C21H20O11/c22-6-11-14(25)17(28)19(30)21(32-11)12-9(24)5-10-13(15(12)26)16(27)18(29)20(31-10)7-1-3-8(23)4-2-7/h1-5,11,14,17,19,21-26,28-30H,6H2/t11-,14-,17+,19-,21+/m1/s1. The normalized spacial score (nSPS) is 25.8. The summed E-state index contributed by atoms with van der Waals surface area (Å²) in [5.41, 5.74) is -1.63. The van der Waals surface area contributed by atoms with Crippen molar-refractivity contribution in [1.82, 2.24) is 0 Å². The van der Waals surface area contributed by atoms with Gasteiger partial charge in [0.15, 0.2) is 5.76 Å². The third-order valence-corrected chi connectivity index (χ3v) is 5.46. The minimum atomic E-state index is -1.83. The van der Waals surface area contributed by atoms with Crippen molar-refractivity contribution in [2.45, 2.75) is 30.5 Å². The Labute approximate surface area is 179 Å². The van der Waals surface area contributed by atoms with Crippen molar-refractivity contribution < 1.29 is 50.0 Å². The van der Waals surface area contributed by atoms with Crippen molar-refractivity contribution in [3.05, 3.63) is 46.1 Å². The van der Waals surface area contributed by atoms with Gasteiger partial charge >= 0.3 is 0 Å². The molecule has 0 amide bonds. The maximum absolute atomic E-state index is 12.8. The number of aliphatic hydroxyl groups excluding tert-OH is 4. The highest BCUT2D eigenvalue weighted by Crippen LogP contribution is 2.45. The van der Waals surface area contributed by atoms with E-state index in [9.17, 15) is 45.6 Å². The third-order valence-electron chi connectivity index (χ3n) is 5.46. The molecule has 2 aromatic carbocycles. The Morgan fingerprint density at radius 1 is 0.875 bits per heavy atom. The topological polar surface area (TPSA) is 201 Å². The first-order valence-corrected chi connectivity index (χ1v) is 9.50. The molecule has 0 aliphatic carbocycles. The van der Waals surface area contributed by atoms with Gasteiger partial charge in [-0.05, 0) is 24.3 Å². The number of aliphatic hydroxyl groups is 4. The monoisotopic (exact) mass is 448 g/mol. The van der Waals surface area contributed by atoms with Crippen molar-refractivity contribution in [3.63, 3.8) is 0 Å². The summed E-state index contributed by atoms with van der Waals surface area (Å²) < 4.78 is 10.9. The molecule has 1 aliphatic heterocycles. The van der Waals surface area contributed by atoms with E-state index in [2.05, 4.69) is 0 Å². The second-order valence-corrected chi connectivity index (χ2v) is 7.44. The number of benzene rings is 2. The van der Waals surface area contributed by atoms with Gasteiger partial charge in [0, 0.05) is 11.6 Å². The maximum Gasteiger partial charge on any atom is 0.238 e. The van der Waals surface area contributed by atoms with Gasteiger partial charge in [-0.1, -0.05) is 0 Å². The quantitative estimate of drug-likeness (QED) is 0.264. The molecule has 4 rings (SSSR count). The van der Waals surface area contributed by atoms with Crippen molar-refractivity contribution in [2.24, 2.45) is 0 Å². The number of phenolic OH excluding ortho intramolecular Hbond substituents is 3. The molecule has 170 valence electrons. The van der Waals surface area contributed by atoms with E-state index in [1.807, 2.05) is 0 Å². The molecule has 2 heterocycles. The molecule has 1 saturated heterocycles. The number of hydrogen-bond donors (Lipinski definition) is 8. The summed E-state index contributed by atoms with van der Waals surface area (Å²) in [4.78, 5) is 12.8. The van der Waals surface area contributed by atoms with E-state index in [1.165, 1.54) is 24.3 Å². The molecule has 1 fully saturated rings. The van der Waals surface area contributed by atoms with Crippen LogP contribution in [0.25, 0.3) is 22.3 Å². The summed E-state index contributed by atoms with van der Waals surface area (Å²) in [6.07, 6.45) is -8.25. The van der Waals surface area contributed by atoms with E-state index in [-0.39, 0.29) is 22.7 Å². The molecule has 8 N–H and O–H groups in total. The van der Waals surface area contributed by atoms with Gasteiger partial charge in [0.1, 0.15) is 58.7 Å². The molecule has 11 nitrogen and oxygen atoms in total. The second-order valence-electron chi connectivity index (χ2n) is 7.44. The van der Waals surface area contributed by atoms with E-state index in [1.54, 1.807) is 0 Å². The van der Waals surface area contributed by atoms with E-state index >= 15 is 0 Å². The van der Waals surface area contributed by atoms with Crippen LogP contribution in [0.5, 0.6) is 23.0 Å². The summed E-state index contributed by atoms with van der Waals surface area (Å²) in [6.45, 7) is -0.741. The molecule has 0 unspecified atom stereocenters. The Hall–Kier alpha value is -3.35. The zero-order valence-electron chi connectivity index (χ0n) is 16.3. The average Bonchev–Trinajstić information content (AvgIpc) is 2.76. The zero-order valence-corrected chi connectivity index (χ0v) is 16.3. The van der Waals surface area contributed by atoms with Crippen molar-refractivity contribution in [1.29, 1.82) is 0 Å². The van der Waals surface area contributed by atoms with Gasteiger partial charge in [-0.3, -0.25) is 4.79 Å². The molecule has 5 atom stereocenters. The van der Waals surface area contributed by atoms with Gasteiger partial charge in [-0.2, -0.15) is 0 Å². The third kappa shape index (κ3) is 3.32. The average molecular weight is 448 g/mol.